The van der Waals surface area contributed by atoms with Gasteiger partial charge in [-0.3, -0.25) is 14.7 Å². The van der Waals surface area contributed by atoms with E-state index < -0.39 is 6.10 Å². The van der Waals surface area contributed by atoms with Gasteiger partial charge >= 0.3 is 0 Å². The Bertz CT molecular complexity index is 1140. The van der Waals surface area contributed by atoms with Gasteiger partial charge in [-0.25, -0.2) is 4.98 Å². The summed E-state index contributed by atoms with van der Waals surface area (Å²) in [7, 11) is 0. The molecule has 9 heteroatoms. The summed E-state index contributed by atoms with van der Waals surface area (Å²) in [6.07, 6.45) is 11.1. The van der Waals surface area contributed by atoms with Crippen LogP contribution in [-0.4, -0.2) is 51.0 Å². The fourth-order valence-electron chi connectivity index (χ4n) is 4.59. The molecule has 1 aliphatic heterocycles. The largest absolute Gasteiger partial charge is 0.486 e. The van der Waals surface area contributed by atoms with Crippen molar-refractivity contribution in [2.24, 2.45) is 0 Å². The molecule has 36 heavy (non-hydrogen) atoms. The van der Waals surface area contributed by atoms with E-state index in [2.05, 4.69) is 32.3 Å². The predicted octanol–water partition coefficient (Wildman–Crippen LogP) is 4.11. The zero-order valence-corrected chi connectivity index (χ0v) is 21.4. The minimum atomic E-state index is -0.547. The molecule has 0 amide bonds. The Morgan fingerprint density at radius 3 is 2.86 bits per heavy atom. The van der Waals surface area contributed by atoms with Crippen LogP contribution in [0.3, 0.4) is 0 Å². The number of oxazole rings is 1. The van der Waals surface area contributed by atoms with Crippen molar-refractivity contribution in [2.45, 2.75) is 63.8 Å². The van der Waals surface area contributed by atoms with Crippen LogP contribution in [0.4, 0.5) is 5.69 Å². The molecule has 8 nitrogen and oxygen atoms in total. The summed E-state index contributed by atoms with van der Waals surface area (Å²) < 4.78 is 11.0. The van der Waals surface area contributed by atoms with Gasteiger partial charge in [0.1, 0.15) is 12.4 Å². The van der Waals surface area contributed by atoms with E-state index in [0.29, 0.717) is 43.4 Å². The lowest BCUT2D eigenvalue weighted by Gasteiger charge is -2.30. The Balaban J connectivity index is 0.00000304. The van der Waals surface area contributed by atoms with Crippen molar-refractivity contribution in [1.29, 1.82) is 0 Å². The highest BCUT2D eigenvalue weighted by molar-refractivity contribution is 7.59. The average molecular weight is 511 g/mol. The van der Waals surface area contributed by atoms with Gasteiger partial charge in [-0.1, -0.05) is 6.07 Å². The number of anilines is 1. The number of hydrogen-bond acceptors (Lipinski definition) is 8. The van der Waals surface area contributed by atoms with Gasteiger partial charge in [0.25, 0.3) is 0 Å². The number of carbonyl (C=O) groups excluding carboxylic acids is 1. The quantitative estimate of drug-likeness (QED) is 0.372. The summed E-state index contributed by atoms with van der Waals surface area (Å²) in [5.41, 5.74) is 4.02. The number of pyridine rings is 1. The van der Waals surface area contributed by atoms with Crippen LogP contribution >= 0.6 is 13.5 Å². The van der Waals surface area contributed by atoms with Gasteiger partial charge in [-0.05, 0) is 61.4 Å². The summed E-state index contributed by atoms with van der Waals surface area (Å²) >= 11 is 0. The summed E-state index contributed by atoms with van der Waals surface area (Å²) in [4.78, 5) is 23.0. The SMILES string of the molecule is O=C(CC[C@H](O)CN1CCc2cc(OCc3cnco3)ccc2C1)c1cncc(NC2CCC2)c1.S. The molecule has 0 bridgehead atoms. The number of ketones is 1. The molecule has 2 N–H and O–H groups in total. The minimum Gasteiger partial charge on any atom is -0.486 e. The molecular weight excluding hydrogens is 476 g/mol. The monoisotopic (exact) mass is 510 g/mol. The summed E-state index contributed by atoms with van der Waals surface area (Å²) in [5.74, 6) is 1.53. The number of carbonyl (C=O) groups is 1. The van der Waals surface area contributed by atoms with Gasteiger partial charge in [-0.15, -0.1) is 0 Å². The smallest absolute Gasteiger partial charge is 0.181 e. The second-order valence-electron chi connectivity index (χ2n) is 9.52. The van der Waals surface area contributed by atoms with Gasteiger partial charge in [0.2, 0.25) is 0 Å². The standard InChI is InChI=1S/C27H32N4O4.H2S/c32-24(5-7-27(33)21-10-23(13-28-12-21)30-22-2-1-3-22)16-31-9-8-19-11-25(6-4-20(19)15-31)34-17-26-14-29-18-35-26;/h4,6,10-14,18,22,24,30,32H,1-3,5,7-9,15-17H2;1H2/t24-;/m0./s1. The van der Waals surface area contributed by atoms with Crippen molar-refractivity contribution in [2.75, 3.05) is 18.4 Å². The molecule has 0 radical (unpaired) electrons. The van der Waals surface area contributed by atoms with E-state index in [1.165, 1.54) is 36.8 Å². The Morgan fingerprint density at radius 2 is 2.08 bits per heavy atom. The highest BCUT2D eigenvalue weighted by Crippen LogP contribution is 2.26. The van der Waals surface area contributed by atoms with Crippen molar-refractivity contribution in [3.63, 3.8) is 0 Å². The normalized spacial score (nSPS) is 16.4. The Morgan fingerprint density at radius 1 is 1.19 bits per heavy atom. The van der Waals surface area contributed by atoms with Gasteiger partial charge in [0.05, 0.1) is 18.0 Å². The number of hydrogen-bond donors (Lipinski definition) is 2. The van der Waals surface area contributed by atoms with E-state index in [4.69, 9.17) is 9.15 Å². The average Bonchev–Trinajstić information content (AvgIpc) is 3.37. The molecule has 0 unspecified atom stereocenters. The van der Waals surface area contributed by atoms with Crippen LogP contribution < -0.4 is 10.1 Å². The van der Waals surface area contributed by atoms with Crippen LogP contribution in [-0.2, 0) is 19.6 Å². The molecule has 192 valence electrons. The first-order chi connectivity index (χ1) is 17.1. The Hall–Kier alpha value is -2.88. The number of benzene rings is 1. The van der Waals surface area contributed by atoms with Crippen LogP contribution in [0.25, 0.3) is 0 Å². The molecule has 1 aliphatic carbocycles. The number of ether oxygens (including phenoxy) is 1. The van der Waals surface area contributed by atoms with Gasteiger partial charge in [0, 0.05) is 50.1 Å². The third-order valence-electron chi connectivity index (χ3n) is 6.84. The van der Waals surface area contributed by atoms with Crippen molar-refractivity contribution >= 4 is 25.0 Å². The predicted molar refractivity (Wildman–Crippen MR) is 142 cm³/mol. The van der Waals surface area contributed by atoms with Crippen molar-refractivity contribution in [3.8, 4) is 5.75 Å². The van der Waals surface area contributed by atoms with Crippen LogP contribution in [0.2, 0.25) is 0 Å². The third kappa shape index (κ3) is 6.87. The van der Waals surface area contributed by atoms with E-state index in [0.717, 1.165) is 30.9 Å². The van der Waals surface area contributed by atoms with Crippen LogP contribution in [0.5, 0.6) is 5.75 Å². The minimum absolute atomic E-state index is 0. The number of fused-ring (bicyclic) bond motifs is 1. The first kappa shape index (κ1) is 26.2. The molecule has 2 aromatic heterocycles. The number of rotatable bonds is 11. The maximum Gasteiger partial charge on any atom is 0.181 e. The van der Waals surface area contributed by atoms with E-state index in [9.17, 15) is 9.90 Å². The second kappa shape index (κ2) is 12.4. The van der Waals surface area contributed by atoms with Crippen LogP contribution in [0, 0.1) is 0 Å². The van der Waals surface area contributed by atoms with Crippen molar-refractivity contribution in [3.05, 3.63) is 71.7 Å². The van der Waals surface area contributed by atoms with Crippen LogP contribution in [0.15, 0.2) is 53.7 Å². The van der Waals surface area contributed by atoms with E-state index in [1.807, 2.05) is 12.1 Å². The number of aliphatic hydroxyl groups is 1. The maximum absolute atomic E-state index is 12.7. The molecule has 1 fully saturated rings. The molecule has 0 saturated heterocycles. The number of nitrogens with one attached hydrogen (secondary N) is 1. The molecule has 5 rings (SSSR count). The lowest BCUT2D eigenvalue weighted by atomic mass is 9.93. The molecule has 2 aliphatic rings. The van der Waals surface area contributed by atoms with Gasteiger partial charge in [-0.2, -0.15) is 13.5 Å². The summed E-state index contributed by atoms with van der Waals surface area (Å²) in [6.45, 7) is 2.55. The van der Waals surface area contributed by atoms with E-state index >= 15 is 0 Å². The lowest BCUT2D eigenvalue weighted by molar-refractivity contribution is 0.0836. The summed E-state index contributed by atoms with van der Waals surface area (Å²) in [5, 5.41) is 14.0. The number of β-amino-alcohol motifs (C(OH)–C–C–N with tert-alkyl or cyclic N) is 1. The third-order valence-corrected chi connectivity index (χ3v) is 6.84. The Labute approximate surface area is 218 Å². The summed E-state index contributed by atoms with van der Waals surface area (Å²) in [6, 6.07) is 8.52. The first-order valence-electron chi connectivity index (χ1n) is 12.4. The Kier molecular flexibility index (Phi) is 9.01. The number of nitrogens with zero attached hydrogens (tertiary/aromatic N) is 3. The zero-order chi connectivity index (χ0) is 24.0. The van der Waals surface area contributed by atoms with Crippen LogP contribution in [0.1, 0.15) is 59.3 Å². The number of aromatic nitrogens is 2. The number of Topliss-reactive ketones (excluding diaryl/α,β-unsaturated/α-hetero) is 1. The second-order valence-corrected chi connectivity index (χ2v) is 9.52. The molecule has 1 saturated carbocycles. The van der Waals surface area contributed by atoms with Gasteiger partial charge < -0.3 is 19.6 Å². The number of aliphatic hydroxyl groups excluding tert-OH is 1. The molecule has 3 heterocycles. The lowest BCUT2D eigenvalue weighted by Crippen LogP contribution is -2.36. The molecule has 1 atom stereocenters. The molecule has 1 aromatic carbocycles. The zero-order valence-electron chi connectivity index (χ0n) is 20.4. The van der Waals surface area contributed by atoms with Gasteiger partial charge in [0.15, 0.2) is 17.9 Å². The fourth-order valence-corrected chi connectivity index (χ4v) is 4.59. The first-order valence-corrected chi connectivity index (χ1v) is 12.4. The molecular formula is C27H34N4O4S. The fraction of sp³-hybridized carbons (Fsp3) is 0.444. The maximum atomic E-state index is 12.7. The van der Waals surface area contributed by atoms with Crippen molar-refractivity contribution in [1.82, 2.24) is 14.9 Å². The van der Waals surface area contributed by atoms with Crippen molar-refractivity contribution < 1.29 is 19.1 Å². The van der Waals surface area contributed by atoms with E-state index in [1.54, 1.807) is 18.6 Å². The highest BCUT2D eigenvalue weighted by atomic mass is 32.1. The highest BCUT2D eigenvalue weighted by Gasteiger charge is 2.21. The topological polar surface area (TPSA) is 101 Å². The van der Waals surface area contributed by atoms with E-state index in [-0.39, 0.29) is 19.3 Å². The molecule has 3 aromatic rings. The molecule has 0 spiro atoms.